The highest BCUT2D eigenvalue weighted by Crippen LogP contribution is 1.93. The van der Waals surface area contributed by atoms with Crippen LogP contribution >= 0.6 is 0 Å². The highest BCUT2D eigenvalue weighted by Gasteiger charge is 1.91. The van der Waals surface area contributed by atoms with Crippen molar-refractivity contribution in [1.82, 2.24) is 15.0 Å². The fourth-order valence-electron chi connectivity index (χ4n) is 1.56. The fourth-order valence-corrected chi connectivity index (χ4v) is 1.56. The molecule has 0 fully saturated rings. The van der Waals surface area contributed by atoms with E-state index >= 15 is 0 Å². The van der Waals surface area contributed by atoms with E-state index in [1.807, 2.05) is 57.2 Å². The second kappa shape index (κ2) is 76.7. The van der Waals surface area contributed by atoms with Crippen molar-refractivity contribution >= 4 is 0 Å². The van der Waals surface area contributed by atoms with Crippen LogP contribution in [0.5, 0.6) is 0 Å². The van der Waals surface area contributed by atoms with Gasteiger partial charge in [-0.1, -0.05) is 201 Å². The van der Waals surface area contributed by atoms with Crippen molar-refractivity contribution < 1.29 is 0 Å². The van der Waals surface area contributed by atoms with E-state index in [1.165, 1.54) is 25.7 Å². The first kappa shape index (κ1) is 76.9. The minimum absolute atomic E-state index is 0. The zero-order valence-corrected chi connectivity index (χ0v) is 23.2. The number of rotatable bonds is 0. The Balaban J connectivity index is -0.0000000231. The van der Waals surface area contributed by atoms with Gasteiger partial charge in [-0.25, -0.2) is 15.0 Å². The summed E-state index contributed by atoms with van der Waals surface area (Å²) in [5.74, 6) is 2.38. The van der Waals surface area contributed by atoms with Crippen molar-refractivity contribution in [2.24, 2.45) is 0 Å². The first-order valence-electron chi connectivity index (χ1n) is 12.3. The summed E-state index contributed by atoms with van der Waals surface area (Å²) in [6.45, 7) is 22.6. The molecule has 0 saturated heterocycles. The predicted octanol–water partition coefficient (Wildman–Crippen LogP) is 14.7. The summed E-state index contributed by atoms with van der Waals surface area (Å²) in [4.78, 5) is 12.0. The van der Waals surface area contributed by atoms with Gasteiger partial charge in [0.15, 0.2) is 0 Å². The van der Waals surface area contributed by atoms with Gasteiger partial charge in [0.05, 0.1) is 0 Å². The summed E-state index contributed by atoms with van der Waals surface area (Å²) >= 11 is 0. The topological polar surface area (TPSA) is 38.7 Å². The average Bonchev–Trinajstić information content (AvgIpc) is 3.31. The van der Waals surface area contributed by atoms with Crippen molar-refractivity contribution in [2.45, 2.75) is 168 Å². The van der Waals surface area contributed by atoms with Gasteiger partial charge >= 0.3 is 0 Å². The van der Waals surface area contributed by atoms with E-state index in [1.54, 1.807) is 0 Å². The molecule has 1 heterocycles. The smallest absolute Gasteiger partial charge is 0.129 e. The zero-order chi connectivity index (χ0) is 25.5. The lowest BCUT2D eigenvalue weighted by Gasteiger charge is -1.94. The molecule has 1 aliphatic carbocycles. The van der Waals surface area contributed by atoms with Crippen LogP contribution in [0, 0.1) is 20.8 Å². The lowest BCUT2D eigenvalue weighted by atomic mass is 10.4. The van der Waals surface area contributed by atoms with Crippen LogP contribution in [0.2, 0.25) is 0 Å². The third-order valence-corrected chi connectivity index (χ3v) is 2.29. The second-order valence-electron chi connectivity index (χ2n) is 7.05. The Morgan fingerprint density at radius 2 is 0.550 bits per heavy atom. The SMILES string of the molecule is C.C.C.C.C.C.C.C.C1=CCC=C1.CCC.CCC.CCC.CCC.Cc1nc(C)nc(C)n1.c1ccccc1. The third-order valence-electron chi connectivity index (χ3n) is 2.29. The summed E-state index contributed by atoms with van der Waals surface area (Å²) in [5.41, 5.74) is 0. The molecule has 1 aromatic heterocycles. The molecule has 3 nitrogen and oxygen atoms in total. The number of allylic oxidation sites excluding steroid dienone is 4. The minimum Gasteiger partial charge on any atom is -0.219 e. The summed E-state index contributed by atoms with van der Waals surface area (Å²) in [6, 6.07) is 12.0. The van der Waals surface area contributed by atoms with Crippen molar-refractivity contribution in [3.63, 3.8) is 0 Å². The molecule has 40 heavy (non-hydrogen) atoms. The maximum Gasteiger partial charge on any atom is 0.129 e. The van der Waals surface area contributed by atoms with E-state index in [0.29, 0.717) is 0 Å². The molecule has 0 atom stereocenters. The van der Waals surface area contributed by atoms with E-state index in [4.69, 9.17) is 0 Å². The van der Waals surface area contributed by atoms with Crippen molar-refractivity contribution in [2.75, 3.05) is 0 Å². The lowest BCUT2D eigenvalue weighted by Crippen LogP contribution is -1.97. The Bertz CT molecular complexity index is 511. The van der Waals surface area contributed by atoms with Gasteiger partial charge in [0.1, 0.15) is 17.5 Å². The molecule has 1 aliphatic rings. The fraction of sp³-hybridized carbons (Fsp3) is 0.649. The molecule has 3 heteroatoms. The van der Waals surface area contributed by atoms with Gasteiger partial charge in [-0.15, -0.1) is 0 Å². The maximum absolute atomic E-state index is 4.01. The molecular formula is C37H85N3. The van der Waals surface area contributed by atoms with Gasteiger partial charge in [0, 0.05) is 0 Å². The van der Waals surface area contributed by atoms with Crippen LogP contribution in [-0.4, -0.2) is 15.0 Å². The largest absolute Gasteiger partial charge is 0.219 e. The number of benzene rings is 1. The molecule has 0 N–H and O–H groups in total. The van der Waals surface area contributed by atoms with Crippen molar-refractivity contribution in [1.29, 1.82) is 0 Å². The Kier molecular flexibility index (Phi) is 147. The Morgan fingerprint density at radius 1 is 0.400 bits per heavy atom. The molecule has 3 rings (SSSR count). The number of hydrogen-bond donors (Lipinski definition) is 0. The van der Waals surface area contributed by atoms with Crippen LogP contribution in [-0.2, 0) is 0 Å². The van der Waals surface area contributed by atoms with E-state index in [9.17, 15) is 0 Å². The Hall–Kier alpha value is -2.29. The number of aryl methyl sites for hydroxylation is 3. The molecule has 0 aliphatic heterocycles. The quantitative estimate of drug-likeness (QED) is 0.315. The lowest BCUT2D eigenvalue weighted by molar-refractivity contribution is 0.875. The van der Waals surface area contributed by atoms with Crippen LogP contribution < -0.4 is 0 Å². The van der Waals surface area contributed by atoms with Gasteiger partial charge in [-0.05, 0) is 27.2 Å². The molecule has 0 radical (unpaired) electrons. The molecule has 0 saturated carbocycles. The molecule has 2 aromatic rings. The van der Waals surface area contributed by atoms with Gasteiger partial charge in [0.25, 0.3) is 0 Å². The van der Waals surface area contributed by atoms with E-state index in [-0.39, 0.29) is 59.4 Å². The van der Waals surface area contributed by atoms with Gasteiger partial charge in [0.2, 0.25) is 0 Å². The van der Waals surface area contributed by atoms with E-state index in [2.05, 4.69) is 94.6 Å². The summed E-state index contributed by atoms with van der Waals surface area (Å²) < 4.78 is 0. The van der Waals surface area contributed by atoms with Crippen LogP contribution in [0.4, 0.5) is 0 Å². The van der Waals surface area contributed by atoms with Crippen LogP contribution in [0.1, 0.15) is 164 Å². The number of aromatic nitrogens is 3. The Morgan fingerprint density at radius 3 is 0.650 bits per heavy atom. The maximum atomic E-state index is 4.01. The Labute approximate surface area is 260 Å². The van der Waals surface area contributed by atoms with Crippen LogP contribution in [0.15, 0.2) is 60.7 Å². The van der Waals surface area contributed by atoms with Crippen molar-refractivity contribution in [3.8, 4) is 0 Å². The summed E-state index contributed by atoms with van der Waals surface area (Å²) in [6.07, 6.45) is 14.5. The third kappa shape index (κ3) is 100. The standard InChI is InChI=1S/C6H9N3.C6H6.C5H6.4C3H8.8CH4/c1-4-7-5(2)9-6(3)8-4;1-2-4-6-5-3-1;1-2-4-5-3-1;4*1-3-2;;;;;;;;/h1-3H3;1-6H;1-4H,5H2;4*3H2,1-2H3;8*1H4. The van der Waals surface area contributed by atoms with Gasteiger partial charge in [-0.2, -0.15) is 0 Å². The monoisotopic (exact) mass is 572 g/mol. The highest BCUT2D eigenvalue weighted by atomic mass is 15.0. The molecule has 0 bridgehead atoms. The minimum atomic E-state index is 0. The van der Waals surface area contributed by atoms with Gasteiger partial charge < -0.3 is 0 Å². The van der Waals surface area contributed by atoms with E-state index in [0.717, 1.165) is 23.9 Å². The molecule has 248 valence electrons. The van der Waals surface area contributed by atoms with Crippen LogP contribution in [0.25, 0.3) is 0 Å². The second-order valence-corrected chi connectivity index (χ2v) is 7.05. The molecule has 0 amide bonds. The first-order chi connectivity index (χ1) is 15.3. The highest BCUT2D eigenvalue weighted by molar-refractivity contribution is 5.12. The molecular weight excluding hydrogens is 486 g/mol. The summed E-state index contributed by atoms with van der Waals surface area (Å²) in [5, 5.41) is 0. The summed E-state index contributed by atoms with van der Waals surface area (Å²) in [7, 11) is 0. The van der Waals surface area contributed by atoms with Crippen molar-refractivity contribution in [3.05, 3.63) is 78.2 Å². The molecule has 1 aromatic carbocycles. The van der Waals surface area contributed by atoms with Crippen LogP contribution in [0.3, 0.4) is 0 Å². The average molecular weight is 572 g/mol. The van der Waals surface area contributed by atoms with Gasteiger partial charge in [-0.3, -0.25) is 0 Å². The normalized spacial score (nSPS) is 7.38. The molecule has 0 spiro atoms. The van der Waals surface area contributed by atoms with E-state index < -0.39 is 0 Å². The number of nitrogens with zero attached hydrogens (tertiary/aromatic N) is 3. The predicted molar refractivity (Wildman–Crippen MR) is 201 cm³/mol. The molecule has 0 unspecified atom stereocenters. The first-order valence-corrected chi connectivity index (χ1v) is 12.3. The zero-order valence-electron chi connectivity index (χ0n) is 23.2. The number of hydrogen-bond acceptors (Lipinski definition) is 3.